The number of ether oxygens (including phenoxy) is 1. The van der Waals surface area contributed by atoms with Crippen molar-refractivity contribution in [1.82, 2.24) is 9.97 Å². The molecular formula is C33H38N2O. The third-order valence-corrected chi connectivity index (χ3v) is 7.03. The van der Waals surface area contributed by atoms with Gasteiger partial charge in [0.25, 0.3) is 0 Å². The second kappa shape index (κ2) is 12.5. The predicted octanol–water partition coefficient (Wildman–Crippen LogP) is 9.33. The van der Waals surface area contributed by atoms with Crippen LogP contribution in [-0.4, -0.2) is 16.6 Å². The minimum Gasteiger partial charge on any atom is -0.494 e. The number of unbranched alkanes of at least 4 members (excludes halogenated alkanes) is 2. The summed E-state index contributed by atoms with van der Waals surface area (Å²) in [5, 5.41) is 2.22. The van der Waals surface area contributed by atoms with Crippen LogP contribution in [0.1, 0.15) is 59.3 Å². The summed E-state index contributed by atoms with van der Waals surface area (Å²) in [5.74, 6) is 1.54. The lowest BCUT2D eigenvalue weighted by atomic mass is 9.93. The Kier molecular flexibility index (Phi) is 8.89. The Morgan fingerprint density at radius 3 is 2.42 bits per heavy atom. The number of pyridine rings is 2. The van der Waals surface area contributed by atoms with Crippen molar-refractivity contribution in [2.24, 2.45) is 5.92 Å². The Labute approximate surface area is 215 Å². The summed E-state index contributed by atoms with van der Waals surface area (Å²) in [6.45, 7) is 11.2. The quantitative estimate of drug-likeness (QED) is 0.144. The highest BCUT2D eigenvalue weighted by atomic mass is 16.5. The highest BCUT2D eigenvalue weighted by Gasteiger charge is 2.22. The lowest BCUT2D eigenvalue weighted by Gasteiger charge is -2.13. The molecule has 0 N–H and O–H groups in total. The van der Waals surface area contributed by atoms with Gasteiger partial charge in [0.1, 0.15) is 5.75 Å². The van der Waals surface area contributed by atoms with Gasteiger partial charge in [0, 0.05) is 28.5 Å². The lowest BCUT2D eigenvalue weighted by molar-refractivity contribution is 0.304. The molecule has 5 rings (SSSR count). The van der Waals surface area contributed by atoms with Crippen molar-refractivity contribution >= 4 is 21.8 Å². The third-order valence-electron chi connectivity index (χ3n) is 7.03. The molecule has 0 spiro atoms. The van der Waals surface area contributed by atoms with Crippen LogP contribution in [0.3, 0.4) is 0 Å². The van der Waals surface area contributed by atoms with Crippen LogP contribution in [0, 0.1) is 5.92 Å². The van der Waals surface area contributed by atoms with E-state index in [0.29, 0.717) is 5.92 Å². The van der Waals surface area contributed by atoms with Crippen LogP contribution in [0.4, 0.5) is 0 Å². The van der Waals surface area contributed by atoms with Crippen LogP contribution in [0.25, 0.3) is 33.1 Å². The molecule has 36 heavy (non-hydrogen) atoms. The SMILES string of the molecule is C=C1CC/C(=C\C)C1CCCCCOc1ccc(-c2ccc3ccc4cccnc4c3n2)cc1.CC. The molecule has 3 nitrogen and oxygen atoms in total. The van der Waals surface area contributed by atoms with E-state index in [1.807, 2.05) is 38.2 Å². The van der Waals surface area contributed by atoms with E-state index in [1.54, 1.807) is 5.57 Å². The average Bonchev–Trinajstić information content (AvgIpc) is 3.30. The van der Waals surface area contributed by atoms with Gasteiger partial charge in [-0.15, -0.1) is 0 Å². The summed E-state index contributed by atoms with van der Waals surface area (Å²) in [6, 6.07) is 20.7. The molecule has 0 bridgehead atoms. The molecule has 2 heterocycles. The zero-order valence-corrected chi connectivity index (χ0v) is 22.0. The molecule has 3 heteroatoms. The lowest BCUT2D eigenvalue weighted by Crippen LogP contribution is -2.01. The zero-order chi connectivity index (χ0) is 25.3. The van der Waals surface area contributed by atoms with Crippen LogP contribution in [0.15, 0.2) is 90.7 Å². The van der Waals surface area contributed by atoms with E-state index in [9.17, 15) is 0 Å². The first-order chi connectivity index (χ1) is 17.7. The Balaban J connectivity index is 0.00000148. The summed E-state index contributed by atoms with van der Waals surface area (Å²) < 4.78 is 6.00. The largest absolute Gasteiger partial charge is 0.494 e. The van der Waals surface area contributed by atoms with Crippen LogP contribution >= 0.6 is 0 Å². The first-order valence-corrected chi connectivity index (χ1v) is 13.4. The number of fused-ring (bicyclic) bond motifs is 3. The number of hydrogen-bond donors (Lipinski definition) is 0. The molecule has 1 fully saturated rings. The van der Waals surface area contributed by atoms with Gasteiger partial charge in [0.2, 0.25) is 0 Å². The second-order valence-electron chi connectivity index (χ2n) is 9.21. The number of rotatable bonds is 8. The first kappa shape index (κ1) is 25.6. The van der Waals surface area contributed by atoms with Crippen molar-refractivity contribution in [3.8, 4) is 17.0 Å². The second-order valence-corrected chi connectivity index (χ2v) is 9.21. The summed E-state index contributed by atoms with van der Waals surface area (Å²) in [4.78, 5) is 9.49. The monoisotopic (exact) mass is 478 g/mol. The first-order valence-electron chi connectivity index (χ1n) is 13.4. The Hall–Kier alpha value is -3.46. The molecule has 0 radical (unpaired) electrons. The highest BCUT2D eigenvalue weighted by molar-refractivity contribution is 6.03. The van der Waals surface area contributed by atoms with E-state index in [2.05, 4.69) is 67.0 Å². The topological polar surface area (TPSA) is 35.0 Å². The van der Waals surface area contributed by atoms with Crippen LogP contribution in [-0.2, 0) is 0 Å². The van der Waals surface area contributed by atoms with Crippen molar-refractivity contribution < 1.29 is 4.74 Å². The van der Waals surface area contributed by atoms with E-state index in [1.165, 1.54) is 37.7 Å². The molecule has 0 aliphatic heterocycles. The molecule has 4 aromatic rings. The molecular weight excluding hydrogens is 440 g/mol. The molecule has 0 amide bonds. The molecule has 1 atom stereocenters. The van der Waals surface area contributed by atoms with Crippen molar-refractivity contribution in [2.75, 3.05) is 6.61 Å². The van der Waals surface area contributed by atoms with Gasteiger partial charge in [-0.05, 0) is 69.0 Å². The van der Waals surface area contributed by atoms with E-state index in [4.69, 9.17) is 9.72 Å². The van der Waals surface area contributed by atoms with Crippen molar-refractivity contribution in [3.05, 3.63) is 90.7 Å². The fourth-order valence-electron chi connectivity index (χ4n) is 5.07. The van der Waals surface area contributed by atoms with Gasteiger partial charge < -0.3 is 4.74 Å². The third kappa shape index (κ3) is 5.84. The predicted molar refractivity (Wildman–Crippen MR) is 153 cm³/mol. The molecule has 1 aliphatic rings. The van der Waals surface area contributed by atoms with Gasteiger partial charge in [-0.25, -0.2) is 4.98 Å². The smallest absolute Gasteiger partial charge is 0.119 e. The van der Waals surface area contributed by atoms with Crippen molar-refractivity contribution in [3.63, 3.8) is 0 Å². The summed E-state index contributed by atoms with van der Waals surface area (Å²) in [6.07, 6.45) is 11.2. The molecule has 2 aromatic carbocycles. The molecule has 186 valence electrons. The fraction of sp³-hybridized carbons (Fsp3) is 0.333. The fourth-order valence-corrected chi connectivity index (χ4v) is 5.07. The van der Waals surface area contributed by atoms with E-state index >= 15 is 0 Å². The number of allylic oxidation sites excluding steroid dienone is 3. The van der Waals surface area contributed by atoms with E-state index in [0.717, 1.165) is 51.8 Å². The molecule has 0 saturated heterocycles. The van der Waals surface area contributed by atoms with Crippen LogP contribution < -0.4 is 4.74 Å². The summed E-state index contributed by atoms with van der Waals surface area (Å²) >= 11 is 0. The average molecular weight is 479 g/mol. The number of hydrogen-bond acceptors (Lipinski definition) is 3. The van der Waals surface area contributed by atoms with E-state index < -0.39 is 0 Å². The summed E-state index contributed by atoms with van der Waals surface area (Å²) in [7, 11) is 0. The van der Waals surface area contributed by atoms with Gasteiger partial charge in [-0.2, -0.15) is 0 Å². The Morgan fingerprint density at radius 1 is 0.889 bits per heavy atom. The summed E-state index contributed by atoms with van der Waals surface area (Å²) in [5.41, 5.74) is 6.94. The van der Waals surface area contributed by atoms with Crippen molar-refractivity contribution in [2.45, 2.75) is 59.3 Å². The Bertz CT molecular complexity index is 1340. The van der Waals surface area contributed by atoms with Crippen LogP contribution in [0.2, 0.25) is 0 Å². The maximum atomic E-state index is 6.00. The maximum Gasteiger partial charge on any atom is 0.119 e. The van der Waals surface area contributed by atoms with Gasteiger partial charge >= 0.3 is 0 Å². The number of benzene rings is 2. The van der Waals surface area contributed by atoms with Gasteiger partial charge in [-0.3, -0.25) is 4.98 Å². The van der Waals surface area contributed by atoms with Gasteiger partial charge in [-0.1, -0.05) is 74.8 Å². The van der Waals surface area contributed by atoms with Crippen LogP contribution in [0.5, 0.6) is 5.75 Å². The molecule has 1 unspecified atom stereocenters. The van der Waals surface area contributed by atoms with E-state index in [-0.39, 0.29) is 0 Å². The van der Waals surface area contributed by atoms with Gasteiger partial charge in [0.15, 0.2) is 0 Å². The van der Waals surface area contributed by atoms with Crippen molar-refractivity contribution in [1.29, 1.82) is 0 Å². The Morgan fingerprint density at radius 2 is 1.64 bits per heavy atom. The standard InChI is InChI=1S/C31H32N2O.C2H6/c1-3-23-11-10-22(2)28(23)9-5-4-6-21-34-27-17-14-24(15-18-27)29-19-16-26-13-12-25-8-7-20-32-30(25)31(26)33-29;1-2/h3,7-8,12-20,28H,2,4-6,9-11,21H2,1H3;1-2H3/b23-3+;. The molecule has 1 saturated carbocycles. The molecule has 2 aromatic heterocycles. The normalized spacial score (nSPS) is 16.4. The zero-order valence-electron chi connectivity index (χ0n) is 22.0. The minimum atomic E-state index is 0.621. The maximum absolute atomic E-state index is 6.00. The minimum absolute atomic E-state index is 0.621. The highest BCUT2D eigenvalue weighted by Crippen LogP contribution is 2.38. The molecule has 1 aliphatic carbocycles. The number of nitrogens with zero attached hydrogens (tertiary/aromatic N) is 2. The number of aromatic nitrogens is 2. The van der Waals surface area contributed by atoms with Gasteiger partial charge in [0.05, 0.1) is 23.3 Å².